The van der Waals surface area contributed by atoms with Gasteiger partial charge in [0, 0.05) is 16.3 Å². The lowest BCUT2D eigenvalue weighted by molar-refractivity contribution is -0.141. The summed E-state index contributed by atoms with van der Waals surface area (Å²) in [6.45, 7) is 9.11. The van der Waals surface area contributed by atoms with Crippen molar-refractivity contribution < 1.29 is 23.5 Å². The van der Waals surface area contributed by atoms with Crippen LogP contribution in [0.15, 0.2) is 19.7 Å². The molecule has 0 unspecified atom stereocenters. The summed E-state index contributed by atoms with van der Waals surface area (Å²) in [6.07, 6.45) is 0.0110. The third-order valence-electron chi connectivity index (χ3n) is 5.32. The fourth-order valence-electron chi connectivity index (χ4n) is 3.44. The zero-order chi connectivity index (χ0) is 20.7. The quantitative estimate of drug-likeness (QED) is 0.652. The molecule has 0 aliphatic carbocycles. The molecule has 0 fully saturated rings. The van der Waals surface area contributed by atoms with Gasteiger partial charge in [-0.15, -0.1) is 0 Å². The number of amides is 1. The van der Waals surface area contributed by atoms with E-state index < -0.39 is 23.5 Å². The minimum absolute atomic E-state index is 0.224. The molecule has 28 heavy (non-hydrogen) atoms. The van der Waals surface area contributed by atoms with Crippen LogP contribution in [0.5, 0.6) is 0 Å². The number of rotatable bonds is 5. The number of hydrogen-bond acceptors (Lipinski definition) is 5. The number of furan rings is 1. The first-order valence-corrected chi connectivity index (χ1v) is 9.13. The highest BCUT2D eigenvalue weighted by atomic mass is 16.4. The van der Waals surface area contributed by atoms with E-state index in [-0.39, 0.29) is 18.4 Å². The highest BCUT2D eigenvalue weighted by Gasteiger charge is 2.22. The Hall–Kier alpha value is -3.09. The van der Waals surface area contributed by atoms with E-state index in [9.17, 15) is 14.4 Å². The molecular formula is C21H23NO6. The second-order valence-corrected chi connectivity index (χ2v) is 7.07. The Labute approximate surface area is 161 Å². The Balaban J connectivity index is 2.11. The number of benzene rings is 1. The van der Waals surface area contributed by atoms with Crippen molar-refractivity contribution in [3.05, 3.63) is 44.5 Å². The third kappa shape index (κ3) is 3.17. The minimum atomic E-state index is -1.11. The normalized spacial score (nSPS) is 12.5. The van der Waals surface area contributed by atoms with Crippen LogP contribution in [-0.2, 0) is 16.0 Å². The molecule has 0 saturated carbocycles. The zero-order valence-electron chi connectivity index (χ0n) is 16.6. The number of carboxylic acids is 1. The van der Waals surface area contributed by atoms with Crippen molar-refractivity contribution >= 4 is 33.8 Å². The summed E-state index contributed by atoms with van der Waals surface area (Å²) in [6, 6.07) is 0.925. The Morgan fingerprint density at radius 2 is 1.64 bits per heavy atom. The van der Waals surface area contributed by atoms with Crippen LogP contribution in [0.1, 0.15) is 41.4 Å². The van der Waals surface area contributed by atoms with Crippen LogP contribution in [0.3, 0.4) is 0 Å². The maximum absolute atomic E-state index is 12.5. The summed E-state index contributed by atoms with van der Waals surface area (Å²) in [4.78, 5) is 36.0. The fourth-order valence-corrected chi connectivity index (χ4v) is 3.44. The molecule has 3 aromatic rings. The van der Waals surface area contributed by atoms with Crippen molar-refractivity contribution in [2.24, 2.45) is 0 Å². The summed E-state index contributed by atoms with van der Waals surface area (Å²) in [5.41, 5.74) is 3.13. The smallest absolute Gasteiger partial charge is 0.340 e. The molecule has 148 valence electrons. The van der Waals surface area contributed by atoms with Gasteiger partial charge in [0.2, 0.25) is 5.91 Å². The van der Waals surface area contributed by atoms with Gasteiger partial charge in [0.15, 0.2) is 0 Å². The molecule has 0 spiro atoms. The molecule has 7 heteroatoms. The number of fused-ring (bicyclic) bond motifs is 2. The van der Waals surface area contributed by atoms with Gasteiger partial charge in [0.25, 0.3) is 0 Å². The van der Waals surface area contributed by atoms with Crippen molar-refractivity contribution in [2.45, 2.75) is 53.5 Å². The SMILES string of the molecule is CC[C@@H](NC(=O)Cc1c(C)c2cc3c(C)c(C)oc3c(C)c2oc1=O)C(=O)O. The van der Waals surface area contributed by atoms with Crippen molar-refractivity contribution in [3.8, 4) is 0 Å². The molecule has 2 heterocycles. The minimum Gasteiger partial charge on any atom is -0.480 e. The van der Waals surface area contributed by atoms with Crippen molar-refractivity contribution in [3.63, 3.8) is 0 Å². The van der Waals surface area contributed by atoms with E-state index in [1.807, 2.05) is 26.8 Å². The lowest BCUT2D eigenvalue weighted by atomic mass is 9.98. The topological polar surface area (TPSA) is 110 Å². The van der Waals surface area contributed by atoms with E-state index in [0.29, 0.717) is 16.7 Å². The largest absolute Gasteiger partial charge is 0.480 e. The Kier molecular flexibility index (Phi) is 5.02. The van der Waals surface area contributed by atoms with Gasteiger partial charge in [-0.2, -0.15) is 0 Å². The Bertz CT molecular complexity index is 1170. The Morgan fingerprint density at radius 1 is 1.04 bits per heavy atom. The number of aryl methyl sites for hydroxylation is 4. The molecule has 1 aromatic carbocycles. The summed E-state index contributed by atoms with van der Waals surface area (Å²) < 4.78 is 11.3. The van der Waals surface area contributed by atoms with Crippen molar-refractivity contribution in [1.29, 1.82) is 0 Å². The molecular weight excluding hydrogens is 362 g/mol. The molecule has 7 nitrogen and oxygen atoms in total. The monoisotopic (exact) mass is 385 g/mol. The van der Waals surface area contributed by atoms with Gasteiger partial charge >= 0.3 is 11.6 Å². The number of carbonyl (C=O) groups is 2. The van der Waals surface area contributed by atoms with E-state index in [4.69, 9.17) is 13.9 Å². The van der Waals surface area contributed by atoms with Crippen LogP contribution in [0.2, 0.25) is 0 Å². The van der Waals surface area contributed by atoms with Crippen molar-refractivity contribution in [2.75, 3.05) is 0 Å². The molecule has 0 bridgehead atoms. The average molecular weight is 385 g/mol. The second kappa shape index (κ2) is 7.14. The predicted octanol–water partition coefficient (Wildman–Crippen LogP) is 3.29. The van der Waals surface area contributed by atoms with E-state index >= 15 is 0 Å². The molecule has 2 aromatic heterocycles. The van der Waals surface area contributed by atoms with E-state index in [0.717, 1.165) is 27.7 Å². The molecule has 0 radical (unpaired) electrons. The van der Waals surface area contributed by atoms with Gasteiger partial charge in [0.05, 0.1) is 12.0 Å². The molecule has 0 aliphatic heterocycles. The lowest BCUT2D eigenvalue weighted by Crippen LogP contribution is -2.41. The van der Waals surface area contributed by atoms with Crippen LogP contribution in [0.4, 0.5) is 0 Å². The molecule has 1 atom stereocenters. The van der Waals surface area contributed by atoms with Crippen LogP contribution in [0, 0.1) is 27.7 Å². The molecule has 0 aliphatic rings. The van der Waals surface area contributed by atoms with Crippen LogP contribution in [0.25, 0.3) is 21.9 Å². The van der Waals surface area contributed by atoms with Crippen LogP contribution < -0.4 is 10.9 Å². The maximum atomic E-state index is 12.5. The summed E-state index contributed by atoms with van der Waals surface area (Å²) in [7, 11) is 0. The number of aliphatic carboxylic acids is 1. The van der Waals surface area contributed by atoms with Gasteiger partial charge in [-0.25, -0.2) is 9.59 Å². The summed E-state index contributed by atoms with van der Waals surface area (Å²) in [5.74, 6) is -0.841. The van der Waals surface area contributed by atoms with Gasteiger partial charge in [-0.05, 0) is 51.3 Å². The van der Waals surface area contributed by atoms with Crippen LogP contribution in [-0.4, -0.2) is 23.0 Å². The predicted molar refractivity (Wildman–Crippen MR) is 105 cm³/mol. The van der Waals surface area contributed by atoms with Crippen molar-refractivity contribution in [1.82, 2.24) is 5.32 Å². The number of carboxylic acid groups (broad SMARTS) is 1. The summed E-state index contributed by atoms with van der Waals surface area (Å²) >= 11 is 0. The zero-order valence-corrected chi connectivity index (χ0v) is 16.6. The van der Waals surface area contributed by atoms with E-state index in [1.165, 1.54) is 0 Å². The molecule has 0 saturated heterocycles. The van der Waals surface area contributed by atoms with E-state index in [1.54, 1.807) is 13.8 Å². The molecule has 3 rings (SSSR count). The van der Waals surface area contributed by atoms with Gasteiger partial charge < -0.3 is 19.3 Å². The second-order valence-electron chi connectivity index (χ2n) is 7.07. The third-order valence-corrected chi connectivity index (χ3v) is 5.32. The van der Waals surface area contributed by atoms with E-state index in [2.05, 4.69) is 5.32 Å². The number of hydrogen-bond donors (Lipinski definition) is 2. The number of nitrogens with one attached hydrogen (secondary N) is 1. The first-order chi connectivity index (χ1) is 13.1. The maximum Gasteiger partial charge on any atom is 0.340 e. The summed E-state index contributed by atoms with van der Waals surface area (Å²) in [5, 5.41) is 13.2. The van der Waals surface area contributed by atoms with Gasteiger partial charge in [-0.3, -0.25) is 4.79 Å². The van der Waals surface area contributed by atoms with Gasteiger partial charge in [-0.1, -0.05) is 6.92 Å². The highest BCUT2D eigenvalue weighted by molar-refractivity contribution is 6.00. The molecule has 1 amide bonds. The Morgan fingerprint density at radius 3 is 2.25 bits per heavy atom. The molecule has 2 N–H and O–H groups in total. The van der Waals surface area contributed by atoms with Gasteiger partial charge in [0.1, 0.15) is 23.0 Å². The average Bonchev–Trinajstić information content (AvgIpc) is 2.92. The highest BCUT2D eigenvalue weighted by Crippen LogP contribution is 2.34. The first kappa shape index (κ1) is 19.7. The standard InChI is InChI=1S/C21H23NO6/c1-6-16(20(24)25)22-17(23)8-15-10(3)14-7-13-9(2)12(5)27-18(13)11(4)19(14)28-21(15)26/h7,16H,6,8H2,1-5H3,(H,22,23)(H,24,25)/t16-/m1/s1. The number of carbonyl (C=O) groups excluding carboxylic acids is 1. The van der Waals surface area contributed by atoms with Crippen LogP contribution >= 0.6 is 0 Å². The fraction of sp³-hybridized carbons (Fsp3) is 0.381. The first-order valence-electron chi connectivity index (χ1n) is 9.13. The lowest BCUT2D eigenvalue weighted by Gasteiger charge is -2.13.